The smallest absolute Gasteiger partial charge is 0.744 e. The molecule has 0 spiro atoms. The van der Waals surface area contributed by atoms with Crippen molar-refractivity contribution in [3.05, 3.63) is 41.5 Å². The molecule has 0 aliphatic heterocycles. The van der Waals surface area contributed by atoms with Gasteiger partial charge in [0.15, 0.2) is 0 Å². The van der Waals surface area contributed by atoms with E-state index in [2.05, 4.69) is 13.8 Å². The first-order valence-corrected chi connectivity index (χ1v) is 13.4. The van der Waals surface area contributed by atoms with Crippen LogP contribution in [0, 0.1) is 0 Å². The number of rotatable bonds is 15. The van der Waals surface area contributed by atoms with Gasteiger partial charge in [0.25, 0.3) is 0 Å². The Morgan fingerprint density at radius 1 is 0.710 bits per heavy atom. The van der Waals surface area contributed by atoms with Crippen LogP contribution in [0.5, 0.6) is 0 Å². The molecule has 2 aromatic carbocycles. The molecule has 5 heteroatoms. The van der Waals surface area contributed by atoms with Crippen LogP contribution in [0.1, 0.15) is 102 Å². The van der Waals surface area contributed by atoms with E-state index in [9.17, 15) is 13.0 Å². The van der Waals surface area contributed by atoms with E-state index < -0.39 is 10.1 Å². The fraction of sp³-hybridized carbons (Fsp3) is 0.615. The van der Waals surface area contributed by atoms with E-state index >= 15 is 0 Å². The summed E-state index contributed by atoms with van der Waals surface area (Å²) in [6, 6.07) is 9.21. The molecule has 0 fully saturated rings. The van der Waals surface area contributed by atoms with Gasteiger partial charge in [-0.15, -0.1) is 0 Å². The van der Waals surface area contributed by atoms with Crippen LogP contribution in [0.4, 0.5) is 0 Å². The number of unbranched alkanes of at least 4 members (excludes halogenated alkanes) is 10. The average Bonchev–Trinajstić information content (AvgIpc) is 2.72. The molecule has 0 saturated carbocycles. The van der Waals surface area contributed by atoms with Gasteiger partial charge in [-0.1, -0.05) is 102 Å². The Labute approximate surface area is 212 Å². The largest absolute Gasteiger partial charge is 1.00 e. The summed E-state index contributed by atoms with van der Waals surface area (Å²) in [5.41, 5.74) is 2.31. The van der Waals surface area contributed by atoms with Crippen LogP contribution in [-0.2, 0) is 23.0 Å². The normalized spacial score (nSPS) is 11.6. The first kappa shape index (κ1) is 28.6. The summed E-state index contributed by atoms with van der Waals surface area (Å²) in [6.45, 7) is 4.45. The number of aryl methyl sites for hydroxylation is 2. The molecule has 0 amide bonds. The Balaban J connectivity index is 0.00000480. The first-order chi connectivity index (χ1) is 14.5. The van der Waals surface area contributed by atoms with Crippen LogP contribution in [-0.4, -0.2) is 13.0 Å². The molecule has 0 unspecified atom stereocenters. The van der Waals surface area contributed by atoms with Gasteiger partial charge >= 0.3 is 29.6 Å². The molecule has 0 heterocycles. The second kappa shape index (κ2) is 15.4. The number of hydrogen-bond donors (Lipinski definition) is 0. The van der Waals surface area contributed by atoms with E-state index in [4.69, 9.17) is 0 Å². The summed E-state index contributed by atoms with van der Waals surface area (Å²) in [5.74, 6) is 0. The Bertz CT molecular complexity index is 878. The van der Waals surface area contributed by atoms with Gasteiger partial charge in [-0.05, 0) is 53.6 Å². The summed E-state index contributed by atoms with van der Waals surface area (Å²) < 4.78 is 35.9. The maximum atomic E-state index is 12.0. The Morgan fingerprint density at radius 2 is 1.19 bits per heavy atom. The van der Waals surface area contributed by atoms with E-state index in [1.807, 2.05) is 18.2 Å². The second-order valence-electron chi connectivity index (χ2n) is 8.55. The predicted octanol–water partition coefficient (Wildman–Crippen LogP) is 4.55. The topological polar surface area (TPSA) is 57.2 Å². The van der Waals surface area contributed by atoms with E-state index in [1.54, 1.807) is 12.1 Å². The molecule has 0 N–H and O–H groups in total. The monoisotopic (exact) mass is 454 g/mol. The molecule has 0 aromatic heterocycles. The molecule has 2 rings (SSSR count). The van der Waals surface area contributed by atoms with Gasteiger partial charge in [0.1, 0.15) is 10.1 Å². The van der Waals surface area contributed by atoms with E-state index in [-0.39, 0.29) is 34.5 Å². The van der Waals surface area contributed by atoms with Crippen molar-refractivity contribution < 1.29 is 42.5 Å². The Kier molecular flexibility index (Phi) is 14.3. The molecule has 0 saturated heterocycles. The molecule has 31 heavy (non-hydrogen) atoms. The van der Waals surface area contributed by atoms with Gasteiger partial charge in [0.2, 0.25) is 0 Å². The zero-order valence-corrected chi connectivity index (χ0v) is 22.7. The minimum absolute atomic E-state index is 0. The van der Waals surface area contributed by atoms with Crippen molar-refractivity contribution in [3.8, 4) is 0 Å². The minimum Gasteiger partial charge on any atom is -0.744 e. The van der Waals surface area contributed by atoms with E-state index in [0.717, 1.165) is 43.1 Å². The van der Waals surface area contributed by atoms with Crippen molar-refractivity contribution in [2.45, 2.75) is 109 Å². The molecule has 0 aliphatic carbocycles. The average molecular weight is 455 g/mol. The van der Waals surface area contributed by atoms with Crippen LogP contribution < -0.4 is 29.6 Å². The number of hydrogen-bond acceptors (Lipinski definition) is 3. The quantitative estimate of drug-likeness (QED) is 0.225. The maximum absolute atomic E-state index is 12.0. The van der Waals surface area contributed by atoms with Gasteiger partial charge in [-0.3, -0.25) is 0 Å². The summed E-state index contributed by atoms with van der Waals surface area (Å²) >= 11 is 0. The van der Waals surface area contributed by atoms with Crippen molar-refractivity contribution in [3.63, 3.8) is 0 Å². The van der Waals surface area contributed by atoms with Gasteiger partial charge in [0.05, 0.1) is 4.90 Å². The minimum atomic E-state index is -4.50. The summed E-state index contributed by atoms with van der Waals surface area (Å²) in [4.78, 5) is -0.0502. The van der Waals surface area contributed by atoms with Crippen LogP contribution in [0.25, 0.3) is 10.8 Å². The van der Waals surface area contributed by atoms with Crippen molar-refractivity contribution in [2.24, 2.45) is 0 Å². The third-order valence-corrected chi connectivity index (χ3v) is 6.94. The Morgan fingerprint density at radius 3 is 1.74 bits per heavy atom. The molecule has 0 bridgehead atoms. The van der Waals surface area contributed by atoms with Crippen molar-refractivity contribution in [2.75, 3.05) is 0 Å². The molecular formula is C26H39NaO3S. The van der Waals surface area contributed by atoms with E-state index in [0.29, 0.717) is 5.39 Å². The number of fused-ring (bicyclic) bond motifs is 1. The fourth-order valence-corrected chi connectivity index (χ4v) is 5.09. The first-order valence-electron chi connectivity index (χ1n) is 12.0. The molecule has 3 nitrogen and oxygen atoms in total. The van der Waals surface area contributed by atoms with Crippen molar-refractivity contribution in [1.82, 2.24) is 0 Å². The predicted molar refractivity (Wildman–Crippen MR) is 126 cm³/mol. The van der Waals surface area contributed by atoms with Gasteiger partial charge in [-0.2, -0.15) is 0 Å². The van der Waals surface area contributed by atoms with Crippen molar-refractivity contribution >= 4 is 20.9 Å². The third-order valence-electron chi connectivity index (χ3n) is 6.06. The fourth-order valence-electron chi connectivity index (χ4n) is 4.36. The maximum Gasteiger partial charge on any atom is 1.00 e. The summed E-state index contributed by atoms with van der Waals surface area (Å²) in [5, 5.41) is 1.53. The van der Waals surface area contributed by atoms with Crippen LogP contribution in [0.15, 0.2) is 35.2 Å². The molecular weight excluding hydrogens is 415 g/mol. The molecule has 168 valence electrons. The SMILES string of the molecule is CCCCCCCCc1cc(S(=O)(=O)[O-])c2ccccc2c1CCCCCCCC.[Na+]. The summed E-state index contributed by atoms with van der Waals surface area (Å²) in [7, 11) is -4.50. The van der Waals surface area contributed by atoms with E-state index in [1.165, 1.54) is 63.4 Å². The standard InChI is InChI=1S/C26H40O3S.Na/c1-3-5-7-9-11-13-17-22-21-26(30(27,28)29)25-20-16-15-19-24(25)23(22)18-14-12-10-8-6-4-2;/h15-16,19-21H,3-14,17-18H2,1-2H3,(H,27,28,29);/q;+1/p-1. The molecule has 2 aromatic rings. The molecule has 0 aliphatic rings. The van der Waals surface area contributed by atoms with Gasteiger partial charge in [0, 0.05) is 0 Å². The third kappa shape index (κ3) is 9.55. The van der Waals surface area contributed by atoms with Gasteiger partial charge in [-0.25, -0.2) is 8.42 Å². The van der Waals surface area contributed by atoms with Gasteiger partial charge < -0.3 is 4.55 Å². The van der Waals surface area contributed by atoms with Crippen LogP contribution >= 0.6 is 0 Å². The molecule has 0 radical (unpaired) electrons. The number of benzene rings is 2. The molecule has 0 atom stereocenters. The zero-order valence-electron chi connectivity index (χ0n) is 19.9. The Hall–Kier alpha value is -0.390. The zero-order chi connectivity index (χ0) is 21.8. The van der Waals surface area contributed by atoms with Crippen molar-refractivity contribution in [1.29, 1.82) is 0 Å². The van der Waals surface area contributed by atoms with Crippen LogP contribution in [0.3, 0.4) is 0 Å². The summed E-state index contributed by atoms with van der Waals surface area (Å²) in [6.07, 6.45) is 16.4. The second-order valence-corrected chi connectivity index (χ2v) is 9.90. The van der Waals surface area contributed by atoms with Crippen LogP contribution in [0.2, 0.25) is 0 Å².